The second kappa shape index (κ2) is 6.58. The van der Waals surface area contributed by atoms with Crippen LogP contribution in [0.2, 0.25) is 0 Å². The van der Waals surface area contributed by atoms with Gasteiger partial charge in [0, 0.05) is 24.3 Å². The van der Waals surface area contributed by atoms with Gasteiger partial charge in [-0.2, -0.15) is 0 Å². The third kappa shape index (κ3) is 4.19. The molecule has 0 spiro atoms. The summed E-state index contributed by atoms with van der Waals surface area (Å²) >= 11 is 0. The quantitative estimate of drug-likeness (QED) is 0.800. The number of morpholine rings is 1. The fraction of sp³-hybridized carbons (Fsp3) is 0.467. The van der Waals surface area contributed by atoms with Gasteiger partial charge in [-0.3, -0.25) is 9.59 Å². The summed E-state index contributed by atoms with van der Waals surface area (Å²) < 4.78 is 5.58. The van der Waals surface area contributed by atoms with E-state index in [1.807, 2.05) is 13.8 Å². The molecule has 1 aromatic carbocycles. The maximum Gasteiger partial charge on any atom is 0.251 e. The van der Waals surface area contributed by atoms with E-state index in [1.54, 1.807) is 29.2 Å². The minimum atomic E-state index is -0.280. The van der Waals surface area contributed by atoms with E-state index in [9.17, 15) is 9.59 Å². The number of rotatable bonds is 3. The number of hydrogen-bond donors (Lipinski definition) is 2. The smallest absolute Gasteiger partial charge is 0.251 e. The Kier molecular flexibility index (Phi) is 4.80. The largest absolute Gasteiger partial charge is 0.399 e. The van der Waals surface area contributed by atoms with Crippen LogP contribution >= 0.6 is 0 Å². The highest BCUT2D eigenvalue weighted by molar-refractivity contribution is 5.96. The van der Waals surface area contributed by atoms with Crippen molar-refractivity contribution in [3.05, 3.63) is 29.8 Å². The molecule has 6 nitrogen and oxygen atoms in total. The van der Waals surface area contributed by atoms with Gasteiger partial charge in [-0.1, -0.05) is 0 Å². The van der Waals surface area contributed by atoms with Crippen molar-refractivity contribution in [1.82, 2.24) is 10.2 Å². The number of hydrogen-bond acceptors (Lipinski definition) is 4. The van der Waals surface area contributed by atoms with E-state index < -0.39 is 0 Å². The molecule has 6 heteroatoms. The average molecular weight is 291 g/mol. The van der Waals surface area contributed by atoms with Crippen LogP contribution in [-0.4, -0.2) is 48.6 Å². The van der Waals surface area contributed by atoms with Gasteiger partial charge in [0.05, 0.1) is 18.8 Å². The van der Waals surface area contributed by atoms with Crippen LogP contribution in [0, 0.1) is 0 Å². The van der Waals surface area contributed by atoms with Gasteiger partial charge >= 0.3 is 0 Å². The van der Waals surface area contributed by atoms with Crippen LogP contribution in [-0.2, 0) is 9.53 Å². The van der Waals surface area contributed by atoms with Crippen molar-refractivity contribution in [2.75, 3.05) is 25.4 Å². The first kappa shape index (κ1) is 15.3. The van der Waals surface area contributed by atoms with Crippen molar-refractivity contribution in [3.8, 4) is 0 Å². The van der Waals surface area contributed by atoms with Gasteiger partial charge < -0.3 is 20.7 Å². The molecule has 0 aliphatic carbocycles. The van der Waals surface area contributed by atoms with E-state index in [0.717, 1.165) is 0 Å². The Balaban J connectivity index is 1.86. The summed E-state index contributed by atoms with van der Waals surface area (Å²) in [4.78, 5) is 25.8. The van der Waals surface area contributed by atoms with Crippen LogP contribution in [0.3, 0.4) is 0 Å². The van der Waals surface area contributed by atoms with Gasteiger partial charge in [0.1, 0.15) is 0 Å². The lowest BCUT2D eigenvalue weighted by molar-refractivity contribution is -0.142. The van der Waals surface area contributed by atoms with E-state index >= 15 is 0 Å². The Morgan fingerprint density at radius 3 is 2.38 bits per heavy atom. The zero-order valence-corrected chi connectivity index (χ0v) is 12.3. The number of nitrogens with zero attached hydrogens (tertiary/aromatic N) is 1. The fourth-order valence-electron chi connectivity index (χ4n) is 2.39. The number of benzene rings is 1. The molecule has 1 aliphatic heterocycles. The van der Waals surface area contributed by atoms with E-state index in [-0.39, 0.29) is 30.6 Å². The van der Waals surface area contributed by atoms with Crippen LogP contribution in [0.25, 0.3) is 0 Å². The van der Waals surface area contributed by atoms with Crippen LogP contribution in [0.15, 0.2) is 24.3 Å². The van der Waals surface area contributed by atoms with Crippen molar-refractivity contribution in [2.45, 2.75) is 26.1 Å². The highest BCUT2D eigenvalue weighted by Gasteiger charge is 2.25. The molecule has 2 unspecified atom stereocenters. The van der Waals surface area contributed by atoms with Crippen molar-refractivity contribution in [1.29, 1.82) is 0 Å². The second-order valence-electron chi connectivity index (χ2n) is 5.36. The molecular formula is C15H21N3O3. The molecule has 0 aromatic heterocycles. The number of nitrogen functional groups attached to an aromatic ring is 1. The third-order valence-corrected chi connectivity index (χ3v) is 3.35. The Morgan fingerprint density at radius 2 is 1.81 bits per heavy atom. The maximum atomic E-state index is 12.1. The molecule has 2 rings (SSSR count). The standard InChI is InChI=1S/C15H21N3O3/c1-10-8-18(9-11(2)21-10)14(19)7-17-15(20)12-3-5-13(16)6-4-12/h3-6,10-11H,7-9,16H2,1-2H3,(H,17,20). The molecule has 1 heterocycles. The minimum absolute atomic E-state index is 0.0113. The lowest BCUT2D eigenvalue weighted by atomic mass is 10.2. The van der Waals surface area contributed by atoms with Crippen LogP contribution in [0.4, 0.5) is 5.69 Å². The predicted molar refractivity (Wildman–Crippen MR) is 79.8 cm³/mol. The zero-order chi connectivity index (χ0) is 15.4. The average Bonchev–Trinajstić information content (AvgIpc) is 2.44. The minimum Gasteiger partial charge on any atom is -0.399 e. The number of nitrogens with one attached hydrogen (secondary N) is 1. The zero-order valence-electron chi connectivity index (χ0n) is 12.3. The molecule has 0 radical (unpaired) electrons. The van der Waals surface area contributed by atoms with Gasteiger partial charge in [-0.05, 0) is 38.1 Å². The number of carbonyl (C=O) groups excluding carboxylic acids is 2. The van der Waals surface area contributed by atoms with Crippen molar-refractivity contribution >= 4 is 17.5 Å². The Labute approximate surface area is 124 Å². The summed E-state index contributed by atoms with van der Waals surface area (Å²) in [6, 6.07) is 6.58. The van der Waals surface area contributed by atoms with Crippen molar-refractivity contribution in [2.24, 2.45) is 0 Å². The molecule has 1 aromatic rings. The molecular weight excluding hydrogens is 270 g/mol. The van der Waals surface area contributed by atoms with E-state index in [1.165, 1.54) is 0 Å². The molecule has 1 saturated heterocycles. The lowest BCUT2D eigenvalue weighted by Crippen LogP contribution is -2.51. The number of anilines is 1. The normalized spacial score (nSPS) is 21.9. The third-order valence-electron chi connectivity index (χ3n) is 3.35. The molecule has 21 heavy (non-hydrogen) atoms. The van der Waals surface area contributed by atoms with Gasteiger partial charge in [-0.15, -0.1) is 0 Å². The number of ether oxygens (including phenoxy) is 1. The highest BCUT2D eigenvalue weighted by atomic mass is 16.5. The van der Waals surface area contributed by atoms with Crippen LogP contribution in [0.5, 0.6) is 0 Å². The summed E-state index contributed by atoms with van der Waals surface area (Å²) in [5.41, 5.74) is 6.65. The summed E-state index contributed by atoms with van der Waals surface area (Å²) in [5, 5.41) is 2.63. The molecule has 0 bridgehead atoms. The first-order valence-corrected chi connectivity index (χ1v) is 7.02. The lowest BCUT2D eigenvalue weighted by Gasteiger charge is -2.35. The molecule has 1 aliphatic rings. The summed E-state index contributed by atoms with van der Waals surface area (Å²) in [6.07, 6.45) is 0.0380. The topological polar surface area (TPSA) is 84.7 Å². The van der Waals surface area contributed by atoms with Crippen molar-refractivity contribution in [3.63, 3.8) is 0 Å². The van der Waals surface area contributed by atoms with Gasteiger partial charge in [0.2, 0.25) is 5.91 Å². The van der Waals surface area contributed by atoms with Crippen LogP contribution < -0.4 is 11.1 Å². The van der Waals surface area contributed by atoms with Gasteiger partial charge in [0.15, 0.2) is 0 Å². The summed E-state index contributed by atoms with van der Waals surface area (Å²) in [5.74, 6) is -0.376. The number of nitrogens with two attached hydrogens (primary N) is 1. The number of carbonyl (C=O) groups is 2. The molecule has 1 fully saturated rings. The van der Waals surface area contributed by atoms with Gasteiger partial charge in [0.25, 0.3) is 5.91 Å². The number of amides is 2. The Bertz CT molecular complexity index is 505. The monoisotopic (exact) mass is 291 g/mol. The van der Waals surface area contributed by atoms with E-state index in [0.29, 0.717) is 24.3 Å². The first-order valence-electron chi connectivity index (χ1n) is 7.02. The Hall–Kier alpha value is -2.08. The summed E-state index contributed by atoms with van der Waals surface area (Å²) in [7, 11) is 0. The van der Waals surface area contributed by atoms with E-state index in [2.05, 4.69) is 5.32 Å². The molecule has 114 valence electrons. The van der Waals surface area contributed by atoms with Crippen molar-refractivity contribution < 1.29 is 14.3 Å². The van der Waals surface area contributed by atoms with Crippen LogP contribution in [0.1, 0.15) is 24.2 Å². The molecule has 2 amide bonds. The predicted octanol–water partition coefficient (Wildman–Crippen LogP) is 0.634. The second-order valence-corrected chi connectivity index (χ2v) is 5.36. The summed E-state index contributed by atoms with van der Waals surface area (Å²) in [6.45, 7) is 4.97. The molecule has 2 atom stereocenters. The van der Waals surface area contributed by atoms with Gasteiger partial charge in [-0.25, -0.2) is 0 Å². The molecule has 3 N–H and O–H groups in total. The first-order chi connectivity index (χ1) is 9.95. The Morgan fingerprint density at radius 1 is 1.24 bits per heavy atom. The maximum absolute atomic E-state index is 12.1. The molecule has 0 saturated carbocycles. The van der Waals surface area contributed by atoms with E-state index in [4.69, 9.17) is 10.5 Å². The fourth-order valence-corrected chi connectivity index (χ4v) is 2.39. The SMILES string of the molecule is CC1CN(C(=O)CNC(=O)c2ccc(N)cc2)CC(C)O1. The highest BCUT2D eigenvalue weighted by Crippen LogP contribution is 2.10.